The van der Waals surface area contributed by atoms with Gasteiger partial charge in [0.25, 0.3) is 0 Å². The lowest BCUT2D eigenvalue weighted by atomic mass is 9.90. The van der Waals surface area contributed by atoms with Crippen molar-refractivity contribution in [3.8, 4) is 11.1 Å². The highest BCUT2D eigenvalue weighted by atomic mass is 15.1. The summed E-state index contributed by atoms with van der Waals surface area (Å²) in [7, 11) is 2.21. The molecule has 2 heteroatoms. The van der Waals surface area contributed by atoms with Gasteiger partial charge in [0.15, 0.2) is 0 Å². The van der Waals surface area contributed by atoms with Crippen LogP contribution < -0.4 is 0 Å². The van der Waals surface area contributed by atoms with Crippen LogP contribution in [0.2, 0.25) is 0 Å². The third-order valence-corrected chi connectivity index (χ3v) is 7.98. The SMILES string of the molecule is CC.CN1CCC(c2ccccc2)CC1.c1ccc(CN2CC[C@@H](c3cccc(-c4ccccc4)c3)C2)cc1. The van der Waals surface area contributed by atoms with Gasteiger partial charge in [-0.15, -0.1) is 0 Å². The van der Waals surface area contributed by atoms with Crippen LogP contribution in [-0.4, -0.2) is 43.0 Å². The van der Waals surface area contributed by atoms with E-state index in [1.807, 2.05) is 13.8 Å². The van der Waals surface area contributed by atoms with Crippen molar-refractivity contribution in [2.45, 2.75) is 51.5 Å². The molecule has 2 fully saturated rings. The largest absolute Gasteiger partial charge is 0.306 e. The van der Waals surface area contributed by atoms with Gasteiger partial charge in [-0.1, -0.05) is 129 Å². The molecule has 0 saturated carbocycles. The van der Waals surface area contributed by atoms with Crippen molar-refractivity contribution in [2.24, 2.45) is 0 Å². The van der Waals surface area contributed by atoms with Crippen LogP contribution in [0.5, 0.6) is 0 Å². The van der Waals surface area contributed by atoms with Gasteiger partial charge in [-0.05, 0) is 85.6 Å². The molecule has 6 rings (SSSR count). The molecule has 0 spiro atoms. The topological polar surface area (TPSA) is 6.48 Å². The highest BCUT2D eigenvalue weighted by Crippen LogP contribution is 2.31. The van der Waals surface area contributed by atoms with Crippen LogP contribution >= 0.6 is 0 Å². The van der Waals surface area contributed by atoms with E-state index in [-0.39, 0.29) is 0 Å². The number of hydrogen-bond donors (Lipinski definition) is 0. The van der Waals surface area contributed by atoms with Gasteiger partial charge in [0.1, 0.15) is 0 Å². The molecule has 0 aromatic heterocycles. The number of hydrogen-bond acceptors (Lipinski definition) is 2. The maximum atomic E-state index is 2.58. The van der Waals surface area contributed by atoms with Gasteiger partial charge >= 0.3 is 0 Å². The van der Waals surface area contributed by atoms with Gasteiger partial charge in [0, 0.05) is 13.1 Å². The van der Waals surface area contributed by atoms with Gasteiger partial charge in [0.05, 0.1) is 0 Å². The molecule has 0 N–H and O–H groups in total. The molecule has 0 radical (unpaired) electrons. The molecule has 0 unspecified atom stereocenters. The van der Waals surface area contributed by atoms with Crippen molar-refractivity contribution in [3.05, 3.63) is 132 Å². The fraction of sp³-hybridized carbons (Fsp3) is 0.351. The Balaban J connectivity index is 0.000000199. The van der Waals surface area contributed by atoms with Crippen LogP contribution in [0.25, 0.3) is 11.1 Å². The molecular weight excluding hydrogens is 472 g/mol. The van der Waals surface area contributed by atoms with Crippen molar-refractivity contribution in [2.75, 3.05) is 33.2 Å². The van der Waals surface area contributed by atoms with Crippen LogP contribution in [0.4, 0.5) is 0 Å². The van der Waals surface area contributed by atoms with Crippen LogP contribution in [0.1, 0.15) is 61.6 Å². The Hall–Kier alpha value is -3.20. The van der Waals surface area contributed by atoms with E-state index < -0.39 is 0 Å². The summed E-state index contributed by atoms with van der Waals surface area (Å²) in [5, 5.41) is 0. The van der Waals surface area contributed by atoms with E-state index in [0.29, 0.717) is 5.92 Å². The van der Waals surface area contributed by atoms with E-state index in [0.717, 1.165) is 19.0 Å². The summed E-state index contributed by atoms with van der Waals surface area (Å²) in [5.41, 5.74) is 7.05. The monoisotopic (exact) mass is 518 g/mol. The van der Waals surface area contributed by atoms with E-state index in [2.05, 4.69) is 132 Å². The molecule has 4 aromatic carbocycles. The second kappa shape index (κ2) is 15.4. The maximum Gasteiger partial charge on any atom is 0.0233 e. The summed E-state index contributed by atoms with van der Waals surface area (Å²) in [6, 6.07) is 41.5. The molecule has 2 aliphatic rings. The third kappa shape index (κ3) is 8.65. The Labute approximate surface area is 237 Å². The zero-order valence-electron chi connectivity index (χ0n) is 24.2. The van der Waals surface area contributed by atoms with E-state index in [4.69, 9.17) is 0 Å². The average molecular weight is 519 g/mol. The highest BCUT2D eigenvalue weighted by Gasteiger charge is 2.24. The minimum absolute atomic E-state index is 0.650. The molecule has 2 saturated heterocycles. The van der Waals surface area contributed by atoms with Crippen molar-refractivity contribution < 1.29 is 0 Å². The summed E-state index contributed by atoms with van der Waals surface area (Å²) >= 11 is 0. The molecule has 1 atom stereocenters. The first-order chi connectivity index (χ1) is 19.2. The quantitative estimate of drug-likeness (QED) is 0.260. The number of piperidine rings is 1. The minimum Gasteiger partial charge on any atom is -0.306 e. The molecule has 2 heterocycles. The predicted molar refractivity (Wildman–Crippen MR) is 168 cm³/mol. The average Bonchev–Trinajstić information content (AvgIpc) is 3.49. The van der Waals surface area contributed by atoms with Crippen molar-refractivity contribution >= 4 is 0 Å². The Morgan fingerprint density at radius 2 is 1.10 bits per heavy atom. The molecule has 0 amide bonds. The van der Waals surface area contributed by atoms with Gasteiger partial charge in [-0.25, -0.2) is 0 Å². The van der Waals surface area contributed by atoms with Crippen LogP contribution in [0.15, 0.2) is 115 Å². The minimum atomic E-state index is 0.650. The smallest absolute Gasteiger partial charge is 0.0233 e. The molecule has 2 nitrogen and oxygen atoms in total. The molecule has 0 aliphatic carbocycles. The summed E-state index contributed by atoms with van der Waals surface area (Å²) in [6.07, 6.45) is 3.89. The standard InChI is InChI=1S/C23H23N.C12H17N.C2H6/c1-3-8-19(9-4-1)17-24-15-14-23(18-24)22-13-7-12-21(16-22)20-10-5-2-6-11-20;1-13-9-7-12(8-10-13)11-5-3-2-4-6-11;1-2/h1-13,16,23H,14-15,17-18H2;2-6,12H,7-10H2,1H3;1-2H3/t23-;;/m1../s1. The van der Waals surface area contributed by atoms with Gasteiger partial charge in [0.2, 0.25) is 0 Å². The van der Waals surface area contributed by atoms with E-state index in [1.165, 1.54) is 66.7 Å². The first kappa shape index (κ1) is 28.8. The molecule has 204 valence electrons. The van der Waals surface area contributed by atoms with Crippen molar-refractivity contribution in [1.29, 1.82) is 0 Å². The van der Waals surface area contributed by atoms with Gasteiger partial charge in [-0.2, -0.15) is 0 Å². The maximum absolute atomic E-state index is 2.58. The second-order valence-corrected chi connectivity index (χ2v) is 10.7. The summed E-state index contributed by atoms with van der Waals surface area (Å²) < 4.78 is 0. The fourth-order valence-electron chi connectivity index (χ4n) is 5.76. The molecule has 4 aromatic rings. The lowest BCUT2D eigenvalue weighted by Crippen LogP contribution is -2.29. The number of rotatable bonds is 5. The Bertz CT molecular complexity index is 1200. The van der Waals surface area contributed by atoms with Crippen LogP contribution in [0, 0.1) is 0 Å². The molecule has 0 bridgehead atoms. The highest BCUT2D eigenvalue weighted by molar-refractivity contribution is 5.64. The number of likely N-dealkylation sites (tertiary alicyclic amines) is 2. The Kier molecular flexibility index (Phi) is 11.4. The van der Waals surface area contributed by atoms with E-state index in [1.54, 1.807) is 0 Å². The third-order valence-electron chi connectivity index (χ3n) is 7.98. The molecule has 2 aliphatic heterocycles. The van der Waals surface area contributed by atoms with E-state index in [9.17, 15) is 0 Å². The predicted octanol–water partition coefficient (Wildman–Crippen LogP) is 8.87. The molecular formula is C37H46N2. The summed E-state index contributed by atoms with van der Waals surface area (Å²) in [5.74, 6) is 1.45. The van der Waals surface area contributed by atoms with E-state index >= 15 is 0 Å². The van der Waals surface area contributed by atoms with Crippen molar-refractivity contribution in [3.63, 3.8) is 0 Å². The lowest BCUT2D eigenvalue weighted by Gasteiger charge is -2.29. The summed E-state index contributed by atoms with van der Waals surface area (Å²) in [4.78, 5) is 4.99. The van der Waals surface area contributed by atoms with Crippen molar-refractivity contribution in [1.82, 2.24) is 9.80 Å². The Morgan fingerprint density at radius 1 is 0.564 bits per heavy atom. The Morgan fingerprint density at radius 3 is 1.77 bits per heavy atom. The normalized spacial score (nSPS) is 18.0. The van der Waals surface area contributed by atoms with Gasteiger partial charge in [-0.3, -0.25) is 4.90 Å². The number of nitrogens with zero attached hydrogens (tertiary/aromatic N) is 2. The first-order valence-electron chi connectivity index (χ1n) is 14.9. The van der Waals surface area contributed by atoms with Gasteiger partial charge < -0.3 is 4.90 Å². The number of benzene rings is 4. The second-order valence-electron chi connectivity index (χ2n) is 10.7. The summed E-state index contributed by atoms with van der Waals surface area (Å²) in [6.45, 7) is 9.91. The van der Waals surface area contributed by atoms with Crippen LogP contribution in [0.3, 0.4) is 0 Å². The van der Waals surface area contributed by atoms with Crippen LogP contribution in [-0.2, 0) is 6.54 Å². The zero-order valence-corrected chi connectivity index (χ0v) is 24.2. The zero-order chi connectivity index (χ0) is 27.3. The lowest BCUT2D eigenvalue weighted by molar-refractivity contribution is 0.255. The first-order valence-corrected chi connectivity index (χ1v) is 14.9. The molecule has 39 heavy (non-hydrogen) atoms. The fourth-order valence-corrected chi connectivity index (χ4v) is 5.76.